The maximum Gasteiger partial charge on any atom is 0.227 e. The summed E-state index contributed by atoms with van der Waals surface area (Å²) in [4.78, 5) is 19.6. The van der Waals surface area contributed by atoms with Gasteiger partial charge in [-0.1, -0.05) is 0 Å². The van der Waals surface area contributed by atoms with Crippen LogP contribution in [-0.4, -0.2) is 46.3 Å². The molecule has 1 atom stereocenters. The zero-order valence-corrected chi connectivity index (χ0v) is 18.2. The minimum absolute atomic E-state index is 0.0535. The standard InChI is InChI=1S/C24H28N4O3/c1-27-16-20(17-9-11-25-12-10-17)24(26-27)21-6-4-5-13-28(21)23(29)15-18-14-19(30-2)7-8-22(18)31-3/h7-12,14,16,21H,4-6,13,15H2,1-3H3/t21-/m0/s1. The summed E-state index contributed by atoms with van der Waals surface area (Å²) in [6.07, 6.45) is 8.81. The van der Waals surface area contributed by atoms with E-state index in [1.807, 2.05) is 53.2 Å². The van der Waals surface area contributed by atoms with E-state index in [4.69, 9.17) is 14.6 Å². The first-order valence-electron chi connectivity index (χ1n) is 10.5. The van der Waals surface area contributed by atoms with Crippen molar-refractivity contribution in [3.8, 4) is 22.6 Å². The molecule has 1 aromatic carbocycles. The number of hydrogen-bond donors (Lipinski definition) is 0. The number of likely N-dealkylation sites (tertiary alicyclic amines) is 1. The van der Waals surface area contributed by atoms with Crippen LogP contribution in [0.1, 0.15) is 36.6 Å². The number of benzene rings is 1. The second-order valence-corrected chi connectivity index (χ2v) is 7.79. The first kappa shape index (κ1) is 20.9. The van der Waals surface area contributed by atoms with Gasteiger partial charge in [-0.3, -0.25) is 14.5 Å². The number of carbonyl (C=O) groups excluding carboxylic acids is 1. The molecule has 162 valence electrons. The van der Waals surface area contributed by atoms with Crippen molar-refractivity contribution in [1.29, 1.82) is 0 Å². The summed E-state index contributed by atoms with van der Waals surface area (Å²) in [5.74, 6) is 1.48. The van der Waals surface area contributed by atoms with E-state index in [2.05, 4.69) is 4.98 Å². The van der Waals surface area contributed by atoms with E-state index in [-0.39, 0.29) is 18.4 Å². The first-order chi connectivity index (χ1) is 15.1. The number of carbonyl (C=O) groups is 1. The van der Waals surface area contributed by atoms with Crippen molar-refractivity contribution in [2.24, 2.45) is 7.05 Å². The Morgan fingerprint density at radius 3 is 2.68 bits per heavy atom. The fraction of sp³-hybridized carbons (Fsp3) is 0.375. The van der Waals surface area contributed by atoms with E-state index in [0.29, 0.717) is 11.5 Å². The van der Waals surface area contributed by atoms with Gasteiger partial charge in [0.1, 0.15) is 11.5 Å². The number of amides is 1. The molecule has 1 saturated heterocycles. The van der Waals surface area contributed by atoms with Crippen LogP contribution in [0, 0.1) is 0 Å². The molecule has 0 bridgehead atoms. The Hall–Kier alpha value is -3.35. The van der Waals surface area contributed by atoms with Gasteiger partial charge in [0.15, 0.2) is 0 Å². The zero-order chi connectivity index (χ0) is 21.8. The predicted molar refractivity (Wildman–Crippen MR) is 118 cm³/mol. The monoisotopic (exact) mass is 420 g/mol. The van der Waals surface area contributed by atoms with Gasteiger partial charge < -0.3 is 14.4 Å². The lowest BCUT2D eigenvalue weighted by Crippen LogP contribution is -2.39. The van der Waals surface area contributed by atoms with Gasteiger partial charge in [0, 0.05) is 43.3 Å². The summed E-state index contributed by atoms with van der Waals surface area (Å²) >= 11 is 0. The van der Waals surface area contributed by atoms with Crippen LogP contribution in [0.3, 0.4) is 0 Å². The summed E-state index contributed by atoms with van der Waals surface area (Å²) in [5.41, 5.74) is 3.88. The van der Waals surface area contributed by atoms with Crippen molar-refractivity contribution in [2.45, 2.75) is 31.7 Å². The molecule has 4 rings (SSSR count). The molecule has 1 aliphatic rings. The van der Waals surface area contributed by atoms with E-state index in [1.165, 1.54) is 0 Å². The number of pyridine rings is 1. The van der Waals surface area contributed by atoms with E-state index < -0.39 is 0 Å². The highest BCUT2D eigenvalue weighted by Gasteiger charge is 2.32. The SMILES string of the molecule is COc1ccc(OC)c(CC(=O)N2CCCC[C@H]2c2nn(C)cc2-c2ccncc2)c1. The van der Waals surface area contributed by atoms with Gasteiger partial charge in [-0.15, -0.1) is 0 Å². The molecule has 7 nitrogen and oxygen atoms in total. The number of aryl methyl sites for hydroxylation is 1. The quantitative estimate of drug-likeness (QED) is 0.607. The summed E-state index contributed by atoms with van der Waals surface area (Å²) in [6.45, 7) is 0.724. The van der Waals surface area contributed by atoms with Gasteiger partial charge in [0.25, 0.3) is 0 Å². The number of methoxy groups -OCH3 is 2. The average Bonchev–Trinajstić information content (AvgIpc) is 3.21. The summed E-state index contributed by atoms with van der Waals surface area (Å²) in [6, 6.07) is 9.47. The highest BCUT2D eigenvalue weighted by Crippen LogP contribution is 2.36. The van der Waals surface area contributed by atoms with Crippen molar-refractivity contribution >= 4 is 5.91 Å². The highest BCUT2D eigenvalue weighted by atomic mass is 16.5. The molecule has 0 saturated carbocycles. The van der Waals surface area contributed by atoms with E-state index in [1.54, 1.807) is 26.6 Å². The topological polar surface area (TPSA) is 69.5 Å². The molecule has 1 amide bonds. The fourth-order valence-electron chi connectivity index (χ4n) is 4.30. The van der Waals surface area contributed by atoms with Crippen LogP contribution in [0.15, 0.2) is 48.9 Å². The second kappa shape index (κ2) is 9.20. The van der Waals surface area contributed by atoms with Crippen molar-refractivity contribution in [2.75, 3.05) is 20.8 Å². The molecule has 2 aromatic heterocycles. The number of piperidine rings is 1. The van der Waals surface area contributed by atoms with E-state index >= 15 is 0 Å². The third-order valence-corrected chi connectivity index (χ3v) is 5.82. The van der Waals surface area contributed by atoms with Crippen LogP contribution in [0.2, 0.25) is 0 Å². The molecule has 3 heterocycles. The first-order valence-corrected chi connectivity index (χ1v) is 10.5. The fourth-order valence-corrected chi connectivity index (χ4v) is 4.30. The molecule has 31 heavy (non-hydrogen) atoms. The normalized spacial score (nSPS) is 16.2. The molecule has 1 aliphatic heterocycles. The Labute approximate surface area is 182 Å². The van der Waals surface area contributed by atoms with Crippen LogP contribution in [0.25, 0.3) is 11.1 Å². The molecule has 0 N–H and O–H groups in total. The lowest BCUT2D eigenvalue weighted by molar-refractivity contribution is -0.134. The van der Waals surface area contributed by atoms with Crippen molar-refractivity contribution in [1.82, 2.24) is 19.7 Å². The van der Waals surface area contributed by atoms with Crippen LogP contribution >= 0.6 is 0 Å². The molecule has 1 fully saturated rings. The predicted octanol–water partition coefficient (Wildman–Crippen LogP) is 3.80. The van der Waals surface area contributed by atoms with Crippen molar-refractivity contribution < 1.29 is 14.3 Å². The van der Waals surface area contributed by atoms with Gasteiger partial charge in [0.05, 0.1) is 32.4 Å². The van der Waals surface area contributed by atoms with Gasteiger partial charge in [-0.2, -0.15) is 5.10 Å². The summed E-state index contributed by atoms with van der Waals surface area (Å²) in [7, 11) is 5.16. The van der Waals surface area contributed by atoms with Crippen molar-refractivity contribution in [3.63, 3.8) is 0 Å². The van der Waals surface area contributed by atoms with Crippen molar-refractivity contribution in [3.05, 3.63) is 60.2 Å². The number of ether oxygens (including phenoxy) is 2. The van der Waals surface area contributed by atoms with Crippen LogP contribution < -0.4 is 9.47 Å². The minimum Gasteiger partial charge on any atom is -0.497 e. The Morgan fingerprint density at radius 1 is 1.13 bits per heavy atom. The number of nitrogens with zero attached hydrogens (tertiary/aromatic N) is 4. The molecule has 0 radical (unpaired) electrons. The van der Waals surface area contributed by atoms with Gasteiger partial charge in [-0.25, -0.2) is 0 Å². The number of aromatic nitrogens is 3. The van der Waals surface area contributed by atoms with Crippen LogP contribution in [0.5, 0.6) is 11.5 Å². The summed E-state index contributed by atoms with van der Waals surface area (Å²) in [5, 5.41) is 4.77. The lowest BCUT2D eigenvalue weighted by Gasteiger charge is -2.35. The molecular weight excluding hydrogens is 392 g/mol. The van der Waals surface area contributed by atoms with Gasteiger partial charge in [-0.05, 0) is 55.2 Å². The summed E-state index contributed by atoms with van der Waals surface area (Å²) < 4.78 is 12.6. The molecule has 3 aromatic rings. The minimum atomic E-state index is -0.0535. The zero-order valence-electron chi connectivity index (χ0n) is 18.2. The Kier molecular flexibility index (Phi) is 6.21. The largest absolute Gasteiger partial charge is 0.497 e. The third-order valence-electron chi connectivity index (χ3n) is 5.82. The third kappa shape index (κ3) is 4.40. The van der Waals surface area contributed by atoms with Gasteiger partial charge in [0.2, 0.25) is 5.91 Å². The maximum atomic E-state index is 13.5. The Balaban J connectivity index is 1.64. The van der Waals surface area contributed by atoms with Crippen LogP contribution in [-0.2, 0) is 18.3 Å². The molecule has 7 heteroatoms. The number of rotatable bonds is 6. The van der Waals surface area contributed by atoms with Crippen LogP contribution in [0.4, 0.5) is 0 Å². The Bertz CT molecular complexity index is 1050. The average molecular weight is 421 g/mol. The second-order valence-electron chi connectivity index (χ2n) is 7.79. The molecule has 0 spiro atoms. The smallest absolute Gasteiger partial charge is 0.227 e. The molecule has 0 unspecified atom stereocenters. The molecular formula is C24H28N4O3. The molecule has 0 aliphatic carbocycles. The number of hydrogen-bond acceptors (Lipinski definition) is 5. The highest BCUT2D eigenvalue weighted by molar-refractivity contribution is 5.81. The van der Waals surface area contributed by atoms with E-state index in [9.17, 15) is 4.79 Å². The maximum absolute atomic E-state index is 13.5. The van der Waals surface area contributed by atoms with E-state index in [0.717, 1.165) is 48.2 Å². The Morgan fingerprint density at radius 2 is 1.94 bits per heavy atom. The lowest BCUT2D eigenvalue weighted by atomic mass is 9.94. The van der Waals surface area contributed by atoms with Gasteiger partial charge >= 0.3 is 0 Å².